The van der Waals surface area contributed by atoms with Crippen molar-refractivity contribution in [3.05, 3.63) is 59.7 Å². The Kier molecular flexibility index (Phi) is 7.18. The summed E-state index contributed by atoms with van der Waals surface area (Å²) in [6, 6.07) is 12.7. The molecule has 0 fully saturated rings. The van der Waals surface area contributed by atoms with Crippen LogP contribution in [0.4, 0.5) is 10.5 Å². The molecule has 0 aliphatic heterocycles. The van der Waals surface area contributed by atoms with Crippen molar-refractivity contribution in [2.24, 2.45) is 0 Å². The zero-order valence-electron chi connectivity index (χ0n) is 15.1. The van der Waals surface area contributed by atoms with E-state index in [1.54, 1.807) is 43.3 Å². The minimum absolute atomic E-state index is 0.264. The van der Waals surface area contributed by atoms with Crippen LogP contribution in [-0.2, 0) is 4.74 Å². The molecule has 0 spiro atoms. The number of ether oxygens (including phenoxy) is 2. The summed E-state index contributed by atoms with van der Waals surface area (Å²) in [5, 5.41) is 2.52. The highest BCUT2D eigenvalue weighted by molar-refractivity contribution is 5.99. The molecule has 8 heteroatoms. The van der Waals surface area contributed by atoms with Gasteiger partial charge in [0.2, 0.25) is 0 Å². The topological polar surface area (TPSA) is 106 Å². The predicted octanol–water partition coefficient (Wildman–Crippen LogP) is 2.73. The molecular weight excluding hydrogens is 350 g/mol. The Morgan fingerprint density at radius 3 is 1.78 bits per heavy atom. The van der Waals surface area contributed by atoms with Crippen molar-refractivity contribution in [1.29, 1.82) is 0 Å². The van der Waals surface area contributed by atoms with Crippen LogP contribution < -0.4 is 20.9 Å². The molecule has 0 saturated heterocycles. The molecule has 0 aliphatic carbocycles. The molecule has 0 radical (unpaired) electrons. The van der Waals surface area contributed by atoms with Crippen LogP contribution in [0.1, 0.15) is 34.6 Å². The Bertz CT molecular complexity index is 788. The molecule has 0 saturated carbocycles. The van der Waals surface area contributed by atoms with Gasteiger partial charge in [0, 0.05) is 16.8 Å². The average molecular weight is 371 g/mol. The predicted molar refractivity (Wildman–Crippen MR) is 99.6 cm³/mol. The molecule has 0 bridgehead atoms. The molecule has 142 valence electrons. The number of amides is 3. The van der Waals surface area contributed by atoms with Gasteiger partial charge >= 0.3 is 6.09 Å². The first-order valence-electron chi connectivity index (χ1n) is 8.40. The normalized spacial score (nSPS) is 9.85. The van der Waals surface area contributed by atoms with Crippen LogP contribution in [0.15, 0.2) is 48.5 Å². The summed E-state index contributed by atoms with van der Waals surface area (Å²) in [5.74, 6) is -0.279. The Morgan fingerprint density at radius 2 is 1.30 bits per heavy atom. The van der Waals surface area contributed by atoms with Gasteiger partial charge in [-0.3, -0.25) is 25.8 Å². The third-order valence-electron chi connectivity index (χ3n) is 3.39. The number of anilines is 1. The zero-order valence-corrected chi connectivity index (χ0v) is 15.1. The number of hydrazine groups is 1. The van der Waals surface area contributed by atoms with Gasteiger partial charge in [-0.2, -0.15) is 0 Å². The fraction of sp³-hybridized carbons (Fsp3) is 0.211. The lowest BCUT2D eigenvalue weighted by Crippen LogP contribution is -2.41. The maximum absolute atomic E-state index is 12.1. The van der Waals surface area contributed by atoms with Crippen LogP contribution in [0.3, 0.4) is 0 Å². The third-order valence-corrected chi connectivity index (χ3v) is 3.39. The van der Waals surface area contributed by atoms with E-state index in [4.69, 9.17) is 9.47 Å². The first kappa shape index (κ1) is 19.8. The quantitative estimate of drug-likeness (QED) is 0.677. The smallest absolute Gasteiger partial charge is 0.411 e. The molecule has 3 N–H and O–H groups in total. The first-order valence-corrected chi connectivity index (χ1v) is 8.40. The van der Waals surface area contributed by atoms with Crippen LogP contribution in [-0.4, -0.2) is 31.1 Å². The summed E-state index contributed by atoms with van der Waals surface area (Å²) >= 11 is 0. The number of carbonyl (C=O) groups is 3. The van der Waals surface area contributed by atoms with Gasteiger partial charge < -0.3 is 9.47 Å². The Balaban J connectivity index is 1.87. The second kappa shape index (κ2) is 9.81. The van der Waals surface area contributed by atoms with E-state index in [2.05, 4.69) is 16.2 Å². The van der Waals surface area contributed by atoms with Crippen LogP contribution in [0, 0.1) is 0 Å². The molecule has 8 nitrogen and oxygen atoms in total. The number of rotatable bonds is 6. The molecule has 0 aliphatic rings. The second-order valence-corrected chi connectivity index (χ2v) is 5.29. The largest absolute Gasteiger partial charge is 0.494 e. The molecule has 0 heterocycles. The standard InChI is InChI=1S/C19H21N3O5/c1-3-26-16-11-7-14(8-12-16)18(24)22-21-17(23)13-5-9-15(10-6-13)20-19(25)27-4-2/h5-12H,3-4H2,1-2H3,(H,20,25)(H,21,23)(H,22,24). The number of nitrogens with one attached hydrogen (secondary N) is 3. The van der Waals surface area contributed by atoms with Crippen LogP contribution in [0.25, 0.3) is 0 Å². The Morgan fingerprint density at radius 1 is 0.778 bits per heavy atom. The van der Waals surface area contributed by atoms with E-state index in [9.17, 15) is 14.4 Å². The maximum Gasteiger partial charge on any atom is 0.411 e. The van der Waals surface area contributed by atoms with Gasteiger partial charge in [0.05, 0.1) is 13.2 Å². The van der Waals surface area contributed by atoms with Gasteiger partial charge in [-0.25, -0.2) is 4.79 Å². The zero-order chi connectivity index (χ0) is 19.6. The van der Waals surface area contributed by atoms with Crippen molar-refractivity contribution >= 4 is 23.6 Å². The third kappa shape index (κ3) is 6.03. The number of benzene rings is 2. The van der Waals surface area contributed by atoms with Crippen molar-refractivity contribution in [2.75, 3.05) is 18.5 Å². The summed E-state index contributed by atoms with van der Waals surface area (Å²) in [6.07, 6.45) is -0.572. The average Bonchev–Trinajstić information content (AvgIpc) is 2.67. The van der Waals surface area contributed by atoms with Crippen LogP contribution in [0.5, 0.6) is 5.75 Å². The lowest BCUT2D eigenvalue weighted by Gasteiger charge is -2.09. The summed E-state index contributed by atoms with van der Waals surface area (Å²) in [7, 11) is 0. The first-order chi connectivity index (χ1) is 13.0. The summed E-state index contributed by atoms with van der Waals surface area (Å²) in [4.78, 5) is 35.5. The highest BCUT2D eigenvalue weighted by atomic mass is 16.5. The van der Waals surface area contributed by atoms with Gasteiger partial charge in [-0.1, -0.05) is 0 Å². The fourth-order valence-electron chi connectivity index (χ4n) is 2.12. The van der Waals surface area contributed by atoms with Crippen molar-refractivity contribution in [3.63, 3.8) is 0 Å². The lowest BCUT2D eigenvalue weighted by molar-refractivity contribution is 0.0846. The fourth-order valence-corrected chi connectivity index (χ4v) is 2.12. The lowest BCUT2D eigenvalue weighted by atomic mass is 10.2. The highest BCUT2D eigenvalue weighted by Gasteiger charge is 2.10. The monoisotopic (exact) mass is 371 g/mol. The second-order valence-electron chi connectivity index (χ2n) is 5.29. The maximum atomic E-state index is 12.1. The SMILES string of the molecule is CCOC(=O)Nc1ccc(C(=O)NNC(=O)c2ccc(OCC)cc2)cc1. The molecule has 0 unspecified atom stereocenters. The van der Waals surface area contributed by atoms with E-state index in [1.165, 1.54) is 12.1 Å². The molecule has 3 amide bonds. The summed E-state index contributed by atoms with van der Waals surface area (Å²) < 4.78 is 10.1. The van der Waals surface area contributed by atoms with Crippen molar-refractivity contribution in [3.8, 4) is 5.75 Å². The molecule has 27 heavy (non-hydrogen) atoms. The van der Waals surface area contributed by atoms with Crippen molar-refractivity contribution in [1.82, 2.24) is 10.9 Å². The van der Waals surface area contributed by atoms with Crippen molar-refractivity contribution < 1.29 is 23.9 Å². The number of hydrogen-bond acceptors (Lipinski definition) is 5. The van der Waals surface area contributed by atoms with Gasteiger partial charge in [0.25, 0.3) is 11.8 Å². The molecule has 2 aromatic carbocycles. The minimum atomic E-state index is -0.572. The van der Waals surface area contributed by atoms with E-state index in [0.29, 0.717) is 29.2 Å². The van der Waals surface area contributed by atoms with E-state index < -0.39 is 17.9 Å². The van der Waals surface area contributed by atoms with E-state index >= 15 is 0 Å². The summed E-state index contributed by atoms with van der Waals surface area (Å²) in [5.41, 5.74) is 5.87. The Labute approximate surface area is 156 Å². The number of carbonyl (C=O) groups excluding carboxylic acids is 3. The minimum Gasteiger partial charge on any atom is -0.494 e. The van der Waals surface area contributed by atoms with E-state index in [0.717, 1.165) is 0 Å². The van der Waals surface area contributed by atoms with Gasteiger partial charge in [0.15, 0.2) is 0 Å². The van der Waals surface area contributed by atoms with Crippen LogP contribution in [0.2, 0.25) is 0 Å². The molecular formula is C19H21N3O5. The van der Waals surface area contributed by atoms with Gasteiger partial charge in [-0.05, 0) is 62.4 Å². The number of hydrogen-bond donors (Lipinski definition) is 3. The van der Waals surface area contributed by atoms with Gasteiger partial charge in [-0.15, -0.1) is 0 Å². The van der Waals surface area contributed by atoms with E-state index in [1.807, 2.05) is 6.92 Å². The van der Waals surface area contributed by atoms with E-state index in [-0.39, 0.29) is 6.61 Å². The molecule has 0 atom stereocenters. The Hall–Kier alpha value is -3.55. The van der Waals surface area contributed by atoms with Crippen LogP contribution >= 0.6 is 0 Å². The van der Waals surface area contributed by atoms with Gasteiger partial charge in [0.1, 0.15) is 5.75 Å². The molecule has 2 rings (SSSR count). The summed E-state index contributed by atoms with van der Waals surface area (Å²) in [6.45, 7) is 4.38. The van der Waals surface area contributed by atoms with Crippen molar-refractivity contribution in [2.45, 2.75) is 13.8 Å². The molecule has 2 aromatic rings. The molecule has 0 aromatic heterocycles. The highest BCUT2D eigenvalue weighted by Crippen LogP contribution is 2.12.